The molecule has 2 rings (SSSR count). The summed E-state index contributed by atoms with van der Waals surface area (Å²) >= 11 is 3.13. The second kappa shape index (κ2) is 3.37. The fraction of sp³-hybridized carbons (Fsp3) is 0. The number of carboxylic acids is 1. The van der Waals surface area contributed by atoms with Crippen LogP contribution in [0.3, 0.4) is 0 Å². The molecule has 6 heteroatoms. The molecule has 0 saturated heterocycles. The standard InChI is InChI=1S/C9H4BrN3O2/c10-9-12-6-2-4(8(14)15)1-5(3-11)7(6)13-9/h1-2H,(H,12,13)(H,14,15). The van der Waals surface area contributed by atoms with E-state index in [2.05, 4.69) is 25.9 Å². The van der Waals surface area contributed by atoms with Crippen molar-refractivity contribution < 1.29 is 9.90 Å². The summed E-state index contributed by atoms with van der Waals surface area (Å²) in [6, 6.07) is 4.66. The summed E-state index contributed by atoms with van der Waals surface area (Å²) in [4.78, 5) is 17.6. The van der Waals surface area contributed by atoms with Gasteiger partial charge < -0.3 is 10.1 Å². The van der Waals surface area contributed by atoms with Crippen molar-refractivity contribution in [1.29, 1.82) is 5.26 Å². The number of imidazole rings is 1. The fourth-order valence-electron chi connectivity index (χ4n) is 1.30. The summed E-state index contributed by atoms with van der Waals surface area (Å²) in [6.07, 6.45) is 0. The topological polar surface area (TPSA) is 89.8 Å². The Bertz CT molecular complexity index is 597. The molecule has 0 aliphatic rings. The predicted octanol–water partition coefficient (Wildman–Crippen LogP) is 1.90. The van der Waals surface area contributed by atoms with E-state index in [-0.39, 0.29) is 11.1 Å². The lowest BCUT2D eigenvalue weighted by Crippen LogP contribution is -1.97. The Morgan fingerprint density at radius 2 is 2.33 bits per heavy atom. The van der Waals surface area contributed by atoms with Gasteiger partial charge in [0.15, 0.2) is 4.73 Å². The highest BCUT2D eigenvalue weighted by atomic mass is 79.9. The Hall–Kier alpha value is -1.87. The van der Waals surface area contributed by atoms with E-state index in [0.717, 1.165) is 0 Å². The lowest BCUT2D eigenvalue weighted by molar-refractivity contribution is 0.0697. The monoisotopic (exact) mass is 265 g/mol. The number of carboxylic acid groups (broad SMARTS) is 1. The zero-order valence-electron chi connectivity index (χ0n) is 7.28. The van der Waals surface area contributed by atoms with E-state index >= 15 is 0 Å². The lowest BCUT2D eigenvalue weighted by atomic mass is 10.1. The Balaban J connectivity index is 2.83. The van der Waals surface area contributed by atoms with Crippen LogP contribution in [0.4, 0.5) is 0 Å². The van der Waals surface area contributed by atoms with Gasteiger partial charge in [-0.1, -0.05) is 0 Å². The second-order valence-corrected chi connectivity index (χ2v) is 3.62. The summed E-state index contributed by atoms with van der Waals surface area (Å²) < 4.78 is 0.469. The molecule has 0 amide bonds. The Morgan fingerprint density at radius 3 is 2.93 bits per heavy atom. The molecular weight excluding hydrogens is 262 g/mol. The van der Waals surface area contributed by atoms with Gasteiger partial charge in [0, 0.05) is 0 Å². The Morgan fingerprint density at radius 1 is 1.60 bits per heavy atom. The van der Waals surface area contributed by atoms with Gasteiger partial charge in [0.25, 0.3) is 0 Å². The van der Waals surface area contributed by atoms with Crippen LogP contribution in [0.5, 0.6) is 0 Å². The highest BCUT2D eigenvalue weighted by molar-refractivity contribution is 9.10. The number of rotatable bonds is 1. The molecular formula is C9H4BrN3O2. The van der Waals surface area contributed by atoms with E-state index in [9.17, 15) is 4.79 Å². The number of hydrogen-bond donors (Lipinski definition) is 2. The predicted molar refractivity (Wildman–Crippen MR) is 55.5 cm³/mol. The largest absolute Gasteiger partial charge is 0.478 e. The average molecular weight is 266 g/mol. The van der Waals surface area contributed by atoms with Gasteiger partial charge >= 0.3 is 5.97 Å². The Kier molecular flexibility index (Phi) is 2.17. The number of hydrogen-bond acceptors (Lipinski definition) is 3. The number of nitrogens with one attached hydrogen (secondary N) is 1. The van der Waals surface area contributed by atoms with E-state index in [4.69, 9.17) is 10.4 Å². The van der Waals surface area contributed by atoms with Crippen molar-refractivity contribution in [3.8, 4) is 6.07 Å². The Labute approximate surface area is 92.5 Å². The number of benzene rings is 1. The van der Waals surface area contributed by atoms with Crippen molar-refractivity contribution in [1.82, 2.24) is 9.97 Å². The molecule has 0 bridgehead atoms. The quantitative estimate of drug-likeness (QED) is 0.824. The first kappa shape index (κ1) is 9.68. The normalized spacial score (nSPS) is 10.1. The van der Waals surface area contributed by atoms with Crippen LogP contribution in [0.2, 0.25) is 0 Å². The number of carbonyl (C=O) groups is 1. The van der Waals surface area contributed by atoms with E-state index in [1.165, 1.54) is 12.1 Å². The molecule has 0 radical (unpaired) electrons. The molecule has 0 atom stereocenters. The van der Waals surface area contributed by atoms with E-state index in [0.29, 0.717) is 15.8 Å². The van der Waals surface area contributed by atoms with Crippen LogP contribution in [-0.4, -0.2) is 21.0 Å². The van der Waals surface area contributed by atoms with Crippen LogP contribution in [-0.2, 0) is 0 Å². The highest BCUT2D eigenvalue weighted by Gasteiger charge is 2.11. The first-order chi connectivity index (χ1) is 7.11. The SMILES string of the molecule is N#Cc1cc(C(=O)O)cc2[nH]c(Br)nc12. The zero-order valence-corrected chi connectivity index (χ0v) is 8.87. The van der Waals surface area contributed by atoms with Crippen molar-refractivity contribution in [3.63, 3.8) is 0 Å². The molecule has 74 valence electrons. The molecule has 2 aromatic rings. The van der Waals surface area contributed by atoms with Gasteiger partial charge in [-0.25, -0.2) is 9.78 Å². The average Bonchev–Trinajstić information content (AvgIpc) is 2.56. The van der Waals surface area contributed by atoms with Gasteiger partial charge in [-0.15, -0.1) is 0 Å². The van der Waals surface area contributed by atoms with E-state index in [1.807, 2.05) is 6.07 Å². The van der Waals surface area contributed by atoms with Crippen molar-refractivity contribution in [2.24, 2.45) is 0 Å². The van der Waals surface area contributed by atoms with Crippen LogP contribution in [0, 0.1) is 11.3 Å². The van der Waals surface area contributed by atoms with E-state index in [1.54, 1.807) is 0 Å². The summed E-state index contributed by atoms with van der Waals surface area (Å²) in [5.74, 6) is -1.07. The minimum absolute atomic E-state index is 0.0650. The third-order valence-electron chi connectivity index (χ3n) is 1.93. The molecule has 0 aliphatic carbocycles. The first-order valence-electron chi connectivity index (χ1n) is 3.94. The minimum Gasteiger partial charge on any atom is -0.478 e. The minimum atomic E-state index is -1.07. The van der Waals surface area contributed by atoms with Crippen molar-refractivity contribution in [2.75, 3.05) is 0 Å². The third-order valence-corrected chi connectivity index (χ3v) is 2.30. The maximum Gasteiger partial charge on any atom is 0.335 e. The number of aromatic carboxylic acids is 1. The molecule has 1 aromatic carbocycles. The molecule has 0 spiro atoms. The molecule has 0 aliphatic heterocycles. The van der Waals surface area contributed by atoms with Crippen LogP contribution in [0.15, 0.2) is 16.9 Å². The molecule has 0 fully saturated rings. The number of nitrogens with zero attached hydrogens (tertiary/aromatic N) is 2. The molecule has 5 nitrogen and oxygen atoms in total. The first-order valence-corrected chi connectivity index (χ1v) is 4.74. The zero-order chi connectivity index (χ0) is 11.0. The summed E-state index contributed by atoms with van der Waals surface area (Å²) in [7, 11) is 0. The van der Waals surface area contributed by atoms with Gasteiger partial charge in [0.05, 0.1) is 16.6 Å². The van der Waals surface area contributed by atoms with Crippen molar-refractivity contribution >= 4 is 32.9 Å². The van der Waals surface area contributed by atoms with Crippen molar-refractivity contribution in [2.45, 2.75) is 0 Å². The van der Waals surface area contributed by atoms with Gasteiger partial charge in [-0.3, -0.25) is 0 Å². The van der Waals surface area contributed by atoms with Gasteiger partial charge in [0.2, 0.25) is 0 Å². The van der Waals surface area contributed by atoms with Gasteiger partial charge in [-0.05, 0) is 28.1 Å². The third kappa shape index (κ3) is 1.57. The molecule has 1 heterocycles. The maximum atomic E-state index is 10.8. The van der Waals surface area contributed by atoms with Crippen LogP contribution in [0.25, 0.3) is 11.0 Å². The highest BCUT2D eigenvalue weighted by Crippen LogP contribution is 2.20. The maximum absolute atomic E-state index is 10.8. The smallest absolute Gasteiger partial charge is 0.335 e. The second-order valence-electron chi connectivity index (χ2n) is 2.86. The number of aromatic nitrogens is 2. The van der Waals surface area contributed by atoms with Crippen LogP contribution in [0.1, 0.15) is 15.9 Å². The van der Waals surface area contributed by atoms with E-state index < -0.39 is 5.97 Å². The van der Waals surface area contributed by atoms with Crippen LogP contribution < -0.4 is 0 Å². The summed E-state index contributed by atoms with van der Waals surface area (Å²) in [6.45, 7) is 0. The molecule has 15 heavy (non-hydrogen) atoms. The number of H-pyrrole nitrogens is 1. The number of fused-ring (bicyclic) bond motifs is 1. The van der Waals surface area contributed by atoms with Gasteiger partial charge in [-0.2, -0.15) is 5.26 Å². The van der Waals surface area contributed by atoms with Crippen molar-refractivity contribution in [3.05, 3.63) is 28.0 Å². The summed E-state index contributed by atoms with van der Waals surface area (Å²) in [5.41, 5.74) is 1.30. The number of aromatic amines is 1. The lowest BCUT2D eigenvalue weighted by Gasteiger charge is -1.95. The molecule has 0 saturated carbocycles. The molecule has 0 unspecified atom stereocenters. The van der Waals surface area contributed by atoms with Crippen LogP contribution >= 0.6 is 15.9 Å². The molecule has 2 N–H and O–H groups in total. The summed E-state index contributed by atoms with van der Waals surface area (Å²) in [5, 5.41) is 17.7. The number of nitriles is 1. The molecule has 1 aromatic heterocycles. The fourth-order valence-corrected chi connectivity index (χ4v) is 1.69. The van der Waals surface area contributed by atoms with Gasteiger partial charge in [0.1, 0.15) is 11.6 Å². The number of halogens is 1.